The summed E-state index contributed by atoms with van der Waals surface area (Å²) >= 11 is 6.14. The molecular weight excluding hydrogens is 366 g/mol. The van der Waals surface area contributed by atoms with Crippen LogP contribution in [0, 0.1) is 6.92 Å². The molecule has 0 fully saturated rings. The third kappa shape index (κ3) is 4.65. The van der Waals surface area contributed by atoms with Crippen LogP contribution in [0.2, 0.25) is 5.02 Å². The van der Waals surface area contributed by atoms with E-state index in [0.29, 0.717) is 22.2 Å². The van der Waals surface area contributed by atoms with Crippen molar-refractivity contribution in [3.8, 4) is 11.3 Å². The minimum Gasteiger partial charge on any atom is -0.478 e. The van der Waals surface area contributed by atoms with E-state index in [0.717, 1.165) is 11.1 Å². The van der Waals surface area contributed by atoms with Crippen molar-refractivity contribution < 1.29 is 19.1 Å². The summed E-state index contributed by atoms with van der Waals surface area (Å²) in [5.74, 6) is -0.190. The molecule has 1 heterocycles. The van der Waals surface area contributed by atoms with Crippen LogP contribution in [0.3, 0.4) is 0 Å². The maximum atomic E-state index is 12.0. The summed E-state index contributed by atoms with van der Waals surface area (Å²) in [5, 5.41) is 12.2. The molecule has 0 unspecified atom stereocenters. The fourth-order valence-electron chi connectivity index (χ4n) is 2.38. The van der Waals surface area contributed by atoms with E-state index in [4.69, 9.17) is 21.1 Å². The van der Waals surface area contributed by atoms with Gasteiger partial charge in [0.15, 0.2) is 0 Å². The number of anilines is 1. The van der Waals surface area contributed by atoms with Crippen LogP contribution >= 0.6 is 11.6 Å². The monoisotopic (exact) mass is 381 g/mol. The SMILES string of the molecule is Cc1ccc(-c2ccc(C=CC(=O)Nc3ccc(C(=O)O)cc3)o2)cc1Cl. The summed E-state index contributed by atoms with van der Waals surface area (Å²) in [6.45, 7) is 1.93. The van der Waals surface area contributed by atoms with Crippen molar-refractivity contribution in [3.05, 3.63) is 82.6 Å². The summed E-state index contributed by atoms with van der Waals surface area (Å²) in [6, 6.07) is 15.1. The first-order chi connectivity index (χ1) is 12.9. The van der Waals surface area contributed by atoms with Gasteiger partial charge in [-0.2, -0.15) is 0 Å². The number of carboxylic acids is 1. The number of carbonyl (C=O) groups excluding carboxylic acids is 1. The number of halogens is 1. The smallest absolute Gasteiger partial charge is 0.335 e. The topological polar surface area (TPSA) is 79.5 Å². The average molecular weight is 382 g/mol. The lowest BCUT2D eigenvalue weighted by atomic mass is 10.1. The highest BCUT2D eigenvalue weighted by atomic mass is 35.5. The van der Waals surface area contributed by atoms with E-state index in [-0.39, 0.29) is 11.5 Å². The fraction of sp³-hybridized carbons (Fsp3) is 0.0476. The highest BCUT2D eigenvalue weighted by Gasteiger charge is 2.06. The first kappa shape index (κ1) is 18.5. The van der Waals surface area contributed by atoms with Crippen LogP contribution in [0.25, 0.3) is 17.4 Å². The van der Waals surface area contributed by atoms with Crippen molar-refractivity contribution in [2.24, 2.45) is 0 Å². The molecule has 0 bridgehead atoms. The van der Waals surface area contributed by atoms with Gasteiger partial charge >= 0.3 is 5.97 Å². The normalized spacial score (nSPS) is 10.9. The minimum atomic E-state index is -1.02. The van der Waals surface area contributed by atoms with E-state index < -0.39 is 5.97 Å². The summed E-state index contributed by atoms with van der Waals surface area (Å²) in [4.78, 5) is 22.8. The zero-order valence-corrected chi connectivity index (χ0v) is 15.2. The zero-order valence-electron chi connectivity index (χ0n) is 14.4. The van der Waals surface area contributed by atoms with E-state index in [1.165, 1.54) is 30.3 Å². The number of carboxylic acid groups (broad SMARTS) is 1. The van der Waals surface area contributed by atoms with Gasteiger partial charge in [-0.15, -0.1) is 0 Å². The molecule has 136 valence electrons. The predicted molar refractivity (Wildman–Crippen MR) is 105 cm³/mol. The van der Waals surface area contributed by atoms with Crippen molar-refractivity contribution in [2.75, 3.05) is 5.32 Å². The van der Waals surface area contributed by atoms with Crippen molar-refractivity contribution in [1.29, 1.82) is 0 Å². The molecular formula is C21H16ClNO4. The molecule has 0 aliphatic rings. The summed E-state index contributed by atoms with van der Waals surface area (Å²) in [5.41, 5.74) is 2.50. The number of benzene rings is 2. The van der Waals surface area contributed by atoms with Gasteiger partial charge < -0.3 is 14.8 Å². The standard InChI is InChI=1S/C21H16ClNO4/c1-13-2-3-15(12-18(13)22)19-10-8-17(27-19)9-11-20(24)23-16-6-4-14(5-7-16)21(25)26/h2-12H,1H3,(H,23,24)(H,25,26). The highest BCUT2D eigenvalue weighted by Crippen LogP contribution is 2.27. The van der Waals surface area contributed by atoms with E-state index in [9.17, 15) is 9.59 Å². The van der Waals surface area contributed by atoms with Crippen LogP contribution in [0.1, 0.15) is 21.7 Å². The van der Waals surface area contributed by atoms with Crippen LogP contribution in [0.5, 0.6) is 0 Å². The van der Waals surface area contributed by atoms with Gasteiger partial charge in [0, 0.05) is 22.3 Å². The lowest BCUT2D eigenvalue weighted by Gasteiger charge is -2.02. The number of aryl methyl sites for hydroxylation is 1. The van der Waals surface area contributed by atoms with E-state index >= 15 is 0 Å². The van der Waals surface area contributed by atoms with Gasteiger partial charge in [-0.05, 0) is 61.0 Å². The van der Waals surface area contributed by atoms with Gasteiger partial charge in [0.25, 0.3) is 0 Å². The Morgan fingerprint density at radius 1 is 1.07 bits per heavy atom. The molecule has 0 atom stereocenters. The van der Waals surface area contributed by atoms with E-state index in [1.807, 2.05) is 31.2 Å². The Hall–Kier alpha value is -3.31. The van der Waals surface area contributed by atoms with E-state index in [1.54, 1.807) is 12.1 Å². The summed E-state index contributed by atoms with van der Waals surface area (Å²) < 4.78 is 5.72. The number of rotatable bonds is 5. The molecule has 27 heavy (non-hydrogen) atoms. The maximum Gasteiger partial charge on any atom is 0.335 e. The van der Waals surface area contributed by atoms with Crippen molar-refractivity contribution in [1.82, 2.24) is 0 Å². The molecule has 0 radical (unpaired) electrons. The number of carbonyl (C=O) groups is 2. The molecule has 1 aromatic heterocycles. The molecule has 0 aliphatic carbocycles. The molecule has 0 saturated heterocycles. The van der Waals surface area contributed by atoms with Gasteiger partial charge in [0.1, 0.15) is 11.5 Å². The second-order valence-electron chi connectivity index (χ2n) is 5.87. The Kier molecular flexibility index (Phi) is 5.43. The molecule has 2 aromatic carbocycles. The highest BCUT2D eigenvalue weighted by molar-refractivity contribution is 6.31. The number of furan rings is 1. The molecule has 3 aromatic rings. The number of amides is 1. The molecule has 0 saturated carbocycles. The summed E-state index contributed by atoms with van der Waals surface area (Å²) in [7, 11) is 0. The third-order valence-electron chi connectivity index (χ3n) is 3.88. The number of hydrogen-bond acceptors (Lipinski definition) is 3. The van der Waals surface area contributed by atoms with Gasteiger partial charge in [-0.3, -0.25) is 4.79 Å². The molecule has 2 N–H and O–H groups in total. The minimum absolute atomic E-state index is 0.155. The largest absolute Gasteiger partial charge is 0.478 e. The van der Waals surface area contributed by atoms with Crippen LogP contribution in [-0.2, 0) is 4.79 Å². The van der Waals surface area contributed by atoms with Crippen LogP contribution in [0.4, 0.5) is 5.69 Å². The second kappa shape index (κ2) is 7.93. The molecule has 0 spiro atoms. The van der Waals surface area contributed by atoms with Gasteiger partial charge in [0.2, 0.25) is 5.91 Å². The number of aromatic carboxylic acids is 1. The summed E-state index contributed by atoms with van der Waals surface area (Å²) in [6.07, 6.45) is 2.90. The van der Waals surface area contributed by atoms with Crippen LogP contribution in [0.15, 0.2) is 65.1 Å². The van der Waals surface area contributed by atoms with Crippen LogP contribution in [-0.4, -0.2) is 17.0 Å². The zero-order chi connectivity index (χ0) is 19.4. The van der Waals surface area contributed by atoms with E-state index in [2.05, 4.69) is 5.32 Å². The number of nitrogens with one attached hydrogen (secondary N) is 1. The first-order valence-corrected chi connectivity index (χ1v) is 8.49. The molecule has 5 nitrogen and oxygen atoms in total. The molecule has 0 aliphatic heterocycles. The lowest BCUT2D eigenvalue weighted by molar-refractivity contribution is -0.111. The molecule has 3 rings (SSSR count). The van der Waals surface area contributed by atoms with Gasteiger partial charge in [-0.25, -0.2) is 4.79 Å². The Balaban J connectivity index is 1.65. The maximum absolute atomic E-state index is 12.0. The van der Waals surface area contributed by atoms with Crippen LogP contribution < -0.4 is 5.32 Å². The van der Waals surface area contributed by atoms with Crippen molar-refractivity contribution >= 4 is 35.2 Å². The Morgan fingerprint density at radius 2 is 1.81 bits per heavy atom. The van der Waals surface area contributed by atoms with Gasteiger partial charge in [0.05, 0.1) is 5.56 Å². The Labute approximate surface area is 160 Å². The first-order valence-electron chi connectivity index (χ1n) is 8.11. The molecule has 1 amide bonds. The van der Waals surface area contributed by atoms with Crippen molar-refractivity contribution in [2.45, 2.75) is 6.92 Å². The predicted octanol–water partition coefficient (Wildman–Crippen LogP) is 5.26. The second-order valence-corrected chi connectivity index (χ2v) is 6.28. The number of hydrogen-bond donors (Lipinski definition) is 2. The third-order valence-corrected chi connectivity index (χ3v) is 4.29. The van der Waals surface area contributed by atoms with Gasteiger partial charge in [-0.1, -0.05) is 23.7 Å². The Bertz CT molecular complexity index is 1020. The quantitative estimate of drug-likeness (QED) is 0.591. The average Bonchev–Trinajstić information content (AvgIpc) is 3.12. The lowest BCUT2D eigenvalue weighted by Crippen LogP contribution is -2.07. The fourth-order valence-corrected chi connectivity index (χ4v) is 2.56. The molecule has 6 heteroatoms. The van der Waals surface area contributed by atoms with Crippen molar-refractivity contribution in [3.63, 3.8) is 0 Å². The Morgan fingerprint density at radius 3 is 2.48 bits per heavy atom.